The highest BCUT2D eigenvalue weighted by Gasteiger charge is 2.05. The maximum absolute atomic E-state index is 12.6. The van der Waals surface area contributed by atoms with Crippen LogP contribution in [-0.2, 0) is 0 Å². The first kappa shape index (κ1) is 15.9. The first-order chi connectivity index (χ1) is 7.56. The molecule has 0 aromatic rings. The maximum Gasteiger partial charge on any atom is 0.0973 e. The Morgan fingerprint density at radius 3 is 1.81 bits per heavy atom. The lowest BCUT2D eigenvalue weighted by Gasteiger charge is -2.13. The molecule has 0 amide bonds. The van der Waals surface area contributed by atoms with E-state index in [0.717, 1.165) is 24.7 Å². The van der Waals surface area contributed by atoms with Gasteiger partial charge in [-0.3, -0.25) is 0 Å². The predicted octanol–water partition coefficient (Wildman–Crippen LogP) is 5.76. The fourth-order valence-electron chi connectivity index (χ4n) is 2.08. The van der Waals surface area contributed by atoms with E-state index in [9.17, 15) is 4.39 Å². The molecule has 0 spiro atoms. The van der Waals surface area contributed by atoms with Gasteiger partial charge in [-0.2, -0.15) is 0 Å². The van der Waals surface area contributed by atoms with Gasteiger partial charge in [-0.25, -0.2) is 4.39 Å². The maximum atomic E-state index is 12.6. The van der Waals surface area contributed by atoms with Crippen LogP contribution in [0, 0.1) is 11.8 Å². The van der Waals surface area contributed by atoms with E-state index in [1.807, 2.05) is 0 Å². The highest BCUT2D eigenvalue weighted by molar-refractivity contribution is 4.58. The van der Waals surface area contributed by atoms with Crippen molar-refractivity contribution < 1.29 is 4.39 Å². The van der Waals surface area contributed by atoms with E-state index in [-0.39, 0.29) is 0 Å². The topological polar surface area (TPSA) is 0 Å². The molecule has 0 aliphatic rings. The van der Waals surface area contributed by atoms with Crippen LogP contribution < -0.4 is 0 Å². The Morgan fingerprint density at radius 2 is 1.25 bits per heavy atom. The molecule has 0 radical (unpaired) electrons. The number of rotatable bonds is 10. The van der Waals surface area contributed by atoms with Crippen molar-refractivity contribution >= 4 is 0 Å². The number of hydrogen-bond donors (Lipinski definition) is 0. The summed E-state index contributed by atoms with van der Waals surface area (Å²) in [5.41, 5.74) is 0. The van der Waals surface area contributed by atoms with Crippen molar-refractivity contribution in [2.45, 2.75) is 85.2 Å². The van der Waals surface area contributed by atoms with Crippen LogP contribution in [0.15, 0.2) is 0 Å². The Hall–Kier alpha value is -0.0700. The molecule has 0 nitrogen and oxygen atoms in total. The van der Waals surface area contributed by atoms with Crippen molar-refractivity contribution in [2.24, 2.45) is 11.8 Å². The minimum absolute atomic E-state index is 0.610. The quantitative estimate of drug-likeness (QED) is 0.419. The van der Waals surface area contributed by atoms with E-state index >= 15 is 0 Å². The molecule has 0 heterocycles. The van der Waals surface area contributed by atoms with E-state index in [0.29, 0.717) is 0 Å². The number of halogens is 1. The summed E-state index contributed by atoms with van der Waals surface area (Å²) in [6.45, 7) is 8.62. The lowest BCUT2D eigenvalue weighted by atomic mass is 9.94. The zero-order valence-corrected chi connectivity index (χ0v) is 11.8. The number of alkyl halides is 1. The second-order valence-electron chi connectivity index (χ2n) is 5.61. The van der Waals surface area contributed by atoms with Gasteiger partial charge in [-0.05, 0) is 25.2 Å². The Kier molecular flexibility index (Phi) is 10.1. The summed E-state index contributed by atoms with van der Waals surface area (Å²) in [6, 6.07) is 0. The van der Waals surface area contributed by atoms with Crippen molar-refractivity contribution in [1.82, 2.24) is 0 Å². The highest BCUT2D eigenvalue weighted by atomic mass is 19.1. The smallest absolute Gasteiger partial charge is 0.0973 e. The molecule has 0 aromatic carbocycles. The molecule has 0 saturated carbocycles. The van der Waals surface area contributed by atoms with E-state index in [1.165, 1.54) is 38.5 Å². The molecule has 0 fully saturated rings. The molecule has 0 bridgehead atoms. The third kappa shape index (κ3) is 10.4. The molecule has 0 saturated heterocycles. The minimum atomic E-state index is -0.610. The molecule has 3 atom stereocenters. The van der Waals surface area contributed by atoms with E-state index < -0.39 is 6.17 Å². The van der Waals surface area contributed by atoms with Crippen LogP contribution in [0.3, 0.4) is 0 Å². The van der Waals surface area contributed by atoms with Crippen molar-refractivity contribution in [3.8, 4) is 0 Å². The monoisotopic (exact) mass is 230 g/mol. The van der Waals surface area contributed by atoms with Gasteiger partial charge in [0, 0.05) is 0 Å². The lowest BCUT2D eigenvalue weighted by molar-refractivity contribution is 0.323. The van der Waals surface area contributed by atoms with Gasteiger partial charge < -0.3 is 0 Å². The summed E-state index contributed by atoms with van der Waals surface area (Å²) >= 11 is 0. The van der Waals surface area contributed by atoms with Crippen molar-refractivity contribution in [3.63, 3.8) is 0 Å². The summed E-state index contributed by atoms with van der Waals surface area (Å²) in [7, 11) is 0. The predicted molar refractivity (Wildman–Crippen MR) is 71.5 cm³/mol. The van der Waals surface area contributed by atoms with E-state index in [4.69, 9.17) is 0 Å². The van der Waals surface area contributed by atoms with Crippen LogP contribution in [0.5, 0.6) is 0 Å². The largest absolute Gasteiger partial charge is 0.248 e. The van der Waals surface area contributed by atoms with Gasteiger partial charge >= 0.3 is 0 Å². The molecule has 16 heavy (non-hydrogen) atoms. The first-order valence-corrected chi connectivity index (χ1v) is 7.20. The zero-order chi connectivity index (χ0) is 12.4. The molecule has 0 aliphatic heterocycles. The average Bonchev–Trinajstić information content (AvgIpc) is 2.24. The Morgan fingerprint density at radius 1 is 0.750 bits per heavy atom. The molecule has 0 aliphatic carbocycles. The van der Waals surface area contributed by atoms with Gasteiger partial charge in [0.25, 0.3) is 0 Å². The van der Waals surface area contributed by atoms with Crippen LogP contribution in [0.1, 0.15) is 79.1 Å². The van der Waals surface area contributed by atoms with Crippen molar-refractivity contribution in [1.29, 1.82) is 0 Å². The molecule has 3 unspecified atom stereocenters. The van der Waals surface area contributed by atoms with Gasteiger partial charge in [0.05, 0.1) is 6.17 Å². The minimum Gasteiger partial charge on any atom is -0.248 e. The third-order valence-corrected chi connectivity index (χ3v) is 3.64. The van der Waals surface area contributed by atoms with Gasteiger partial charge in [-0.15, -0.1) is 0 Å². The van der Waals surface area contributed by atoms with Crippen LogP contribution in [0.2, 0.25) is 0 Å². The van der Waals surface area contributed by atoms with Crippen LogP contribution in [-0.4, -0.2) is 6.17 Å². The van der Waals surface area contributed by atoms with Crippen LogP contribution in [0.4, 0.5) is 4.39 Å². The molecule has 0 rings (SSSR count). The molecule has 1 heteroatoms. The zero-order valence-electron chi connectivity index (χ0n) is 11.8. The van der Waals surface area contributed by atoms with Gasteiger partial charge in [0.15, 0.2) is 0 Å². The molecule has 0 N–H and O–H groups in total. The highest BCUT2D eigenvalue weighted by Crippen LogP contribution is 2.19. The fourth-order valence-corrected chi connectivity index (χ4v) is 2.08. The molecular formula is C15H31F. The standard InChI is InChI=1S/C15H31F/c1-5-13(2)10-8-11-14(3)9-6-7-12-15(4)16/h13-15H,5-12H2,1-4H3. The average molecular weight is 230 g/mol. The third-order valence-electron chi connectivity index (χ3n) is 3.64. The summed E-state index contributed by atoms with van der Waals surface area (Å²) in [5, 5.41) is 0. The van der Waals surface area contributed by atoms with Crippen molar-refractivity contribution in [3.05, 3.63) is 0 Å². The Labute approximate surface area is 102 Å². The Bertz CT molecular complexity index is 142. The van der Waals surface area contributed by atoms with Gasteiger partial charge in [0.2, 0.25) is 0 Å². The Balaban J connectivity index is 3.27. The summed E-state index contributed by atoms with van der Waals surface area (Å²) in [4.78, 5) is 0. The van der Waals surface area contributed by atoms with Crippen molar-refractivity contribution in [2.75, 3.05) is 0 Å². The van der Waals surface area contributed by atoms with Crippen LogP contribution in [0.25, 0.3) is 0 Å². The fraction of sp³-hybridized carbons (Fsp3) is 1.00. The normalized spacial score (nSPS) is 17.1. The summed E-state index contributed by atoms with van der Waals surface area (Å²) in [5.74, 6) is 1.72. The molecule has 0 aromatic heterocycles. The SMILES string of the molecule is CCC(C)CCCC(C)CCCCC(C)F. The van der Waals surface area contributed by atoms with E-state index in [2.05, 4.69) is 20.8 Å². The molecular weight excluding hydrogens is 199 g/mol. The number of hydrogen-bond acceptors (Lipinski definition) is 0. The van der Waals surface area contributed by atoms with Gasteiger partial charge in [0.1, 0.15) is 0 Å². The number of unbranched alkanes of at least 4 members (excludes halogenated alkanes) is 1. The van der Waals surface area contributed by atoms with Crippen LogP contribution >= 0.6 is 0 Å². The second kappa shape index (κ2) is 10.1. The molecule has 98 valence electrons. The summed E-state index contributed by atoms with van der Waals surface area (Å²) < 4.78 is 12.6. The van der Waals surface area contributed by atoms with Gasteiger partial charge in [-0.1, -0.05) is 65.7 Å². The summed E-state index contributed by atoms with van der Waals surface area (Å²) in [6.07, 6.45) is 9.11. The first-order valence-electron chi connectivity index (χ1n) is 7.20. The second-order valence-corrected chi connectivity index (χ2v) is 5.61. The lowest BCUT2D eigenvalue weighted by Crippen LogP contribution is -1.99. The van der Waals surface area contributed by atoms with E-state index in [1.54, 1.807) is 6.92 Å².